The zero-order valence-corrected chi connectivity index (χ0v) is 16.7. The molecule has 3 aliphatic rings. The largest absolute Gasteiger partial charge is 0.394 e. The van der Waals surface area contributed by atoms with E-state index in [1.54, 1.807) is 0 Å². The number of allylic oxidation sites excluding steroid dienone is 1. The number of aromatic nitrogens is 4. The van der Waals surface area contributed by atoms with E-state index in [1.807, 2.05) is 0 Å². The number of hydrogen-bond donors (Lipinski definition) is 2. The molecule has 0 saturated carbocycles. The Morgan fingerprint density at radius 2 is 1.85 bits per heavy atom. The molecule has 0 radical (unpaired) electrons. The number of aliphatic hydroxyl groups excluding tert-OH is 1. The summed E-state index contributed by atoms with van der Waals surface area (Å²) >= 11 is 0. The van der Waals surface area contributed by atoms with E-state index >= 15 is 0 Å². The van der Waals surface area contributed by atoms with Crippen LogP contribution in [-0.2, 0) is 14.2 Å². The van der Waals surface area contributed by atoms with Gasteiger partial charge in [-0.2, -0.15) is 0 Å². The fourth-order valence-corrected chi connectivity index (χ4v) is 4.30. The van der Waals surface area contributed by atoms with Gasteiger partial charge in [-0.1, -0.05) is 0 Å². The molecule has 2 aromatic rings. The third-order valence-electron chi connectivity index (χ3n) is 5.74. The lowest BCUT2D eigenvalue weighted by molar-refractivity contribution is -0.569. The Morgan fingerprint density at radius 3 is 2.50 bits per heavy atom. The third-order valence-corrected chi connectivity index (χ3v) is 5.74. The molecule has 5 rings (SSSR count). The molecular weight excluding hydrogens is 464 g/mol. The Hall–Kier alpha value is -4.13. The molecule has 1 aliphatic carbocycles. The molecule has 2 aromatic heterocycles. The number of aliphatic hydroxyl groups is 1. The van der Waals surface area contributed by atoms with E-state index < -0.39 is 69.1 Å². The van der Waals surface area contributed by atoms with Crippen LogP contribution in [0.2, 0.25) is 0 Å². The number of anilines is 1. The molecule has 18 heteroatoms. The molecule has 2 unspecified atom stereocenters. The average Bonchev–Trinajstić information content (AvgIpc) is 3.46. The van der Waals surface area contributed by atoms with E-state index in [0.29, 0.717) is 12.2 Å². The van der Waals surface area contributed by atoms with Gasteiger partial charge in [0.1, 0.15) is 30.2 Å². The lowest BCUT2D eigenvalue weighted by Gasteiger charge is -2.30. The fourth-order valence-electron chi connectivity index (χ4n) is 4.30. The van der Waals surface area contributed by atoms with Gasteiger partial charge in [-0.25, -0.2) is 15.0 Å². The molecule has 0 amide bonds. The first kappa shape index (κ1) is 21.7. The zero-order valence-electron chi connectivity index (χ0n) is 16.7. The molecule has 4 heterocycles. The highest BCUT2D eigenvalue weighted by atomic mass is 16.8. The molecular formula is C16H14N8O10. The van der Waals surface area contributed by atoms with Gasteiger partial charge in [0, 0.05) is 4.92 Å². The van der Waals surface area contributed by atoms with Crippen molar-refractivity contribution in [3.63, 3.8) is 0 Å². The van der Waals surface area contributed by atoms with Crippen molar-refractivity contribution in [3.8, 4) is 0 Å². The van der Waals surface area contributed by atoms with E-state index in [9.17, 15) is 35.4 Å². The minimum absolute atomic E-state index is 0.0637. The predicted octanol–water partition coefficient (Wildman–Crippen LogP) is -1.24. The van der Waals surface area contributed by atoms with Crippen molar-refractivity contribution in [2.45, 2.75) is 36.4 Å². The molecule has 6 atom stereocenters. The van der Waals surface area contributed by atoms with Crippen molar-refractivity contribution in [1.82, 2.24) is 19.5 Å². The summed E-state index contributed by atoms with van der Waals surface area (Å²) < 4.78 is 18.7. The second-order valence-electron chi connectivity index (χ2n) is 7.53. The van der Waals surface area contributed by atoms with Crippen molar-refractivity contribution in [2.24, 2.45) is 0 Å². The third kappa shape index (κ3) is 2.93. The number of nitrogens with two attached hydrogens (primary N) is 1. The topological polar surface area (TPSA) is 247 Å². The second kappa shape index (κ2) is 7.45. The Balaban J connectivity index is 1.62. The van der Waals surface area contributed by atoms with Gasteiger partial charge in [0.25, 0.3) is 5.70 Å². The summed E-state index contributed by atoms with van der Waals surface area (Å²) in [6.45, 7) is -0.627. The van der Waals surface area contributed by atoms with E-state index in [2.05, 4.69) is 15.0 Å². The summed E-state index contributed by atoms with van der Waals surface area (Å²) in [5.74, 6) is -2.56. The van der Waals surface area contributed by atoms with Gasteiger partial charge in [0.2, 0.25) is 0 Å². The monoisotopic (exact) mass is 478 g/mol. The second-order valence-corrected chi connectivity index (χ2v) is 7.53. The van der Waals surface area contributed by atoms with Crippen LogP contribution in [0.5, 0.6) is 0 Å². The summed E-state index contributed by atoms with van der Waals surface area (Å²) in [6, 6.07) is -2.14. The Labute approximate surface area is 186 Å². The Morgan fingerprint density at radius 1 is 1.12 bits per heavy atom. The first-order chi connectivity index (χ1) is 16.2. The smallest absolute Gasteiger partial charge is 0.337 e. The molecule has 0 aromatic carbocycles. The van der Waals surface area contributed by atoms with Gasteiger partial charge in [0.05, 0.1) is 34.9 Å². The Kier molecular flexibility index (Phi) is 4.75. The number of nitro groups is 3. The van der Waals surface area contributed by atoms with Gasteiger partial charge >= 0.3 is 17.5 Å². The average molecular weight is 478 g/mol. The van der Waals surface area contributed by atoms with Gasteiger partial charge in [0.15, 0.2) is 17.7 Å². The molecule has 0 bridgehead atoms. The minimum atomic E-state index is -2.62. The van der Waals surface area contributed by atoms with Crippen LogP contribution in [0.25, 0.3) is 11.2 Å². The van der Waals surface area contributed by atoms with Crippen LogP contribution in [0.3, 0.4) is 0 Å². The highest BCUT2D eigenvalue weighted by Gasteiger charge is 2.71. The number of rotatable bonds is 5. The van der Waals surface area contributed by atoms with Crippen molar-refractivity contribution in [3.05, 3.63) is 66.5 Å². The molecule has 2 aliphatic heterocycles. The van der Waals surface area contributed by atoms with E-state index in [0.717, 1.165) is 0 Å². The summed E-state index contributed by atoms with van der Waals surface area (Å²) in [5, 5.41) is 44.7. The zero-order chi connectivity index (χ0) is 24.4. The van der Waals surface area contributed by atoms with E-state index in [1.165, 1.54) is 17.2 Å². The standard InChI is InChI=1S/C16H14N8O10/c17-13-10-14(19-4-18-13)21(5-20-10)15-12-11(7(3-25)32-15)33-16(34-12)8(23(28)29)1-6(22(26)27)2-9(16)24(30)31/h1-2,4-5,7-8,11-12,15,25H,3H2,(H2,17,18,19)/t7-,8?,11-,12-,15-,16?/m1/s1. The summed E-state index contributed by atoms with van der Waals surface area (Å²) in [7, 11) is 0. The lowest BCUT2D eigenvalue weighted by atomic mass is 9.96. The predicted molar refractivity (Wildman–Crippen MR) is 104 cm³/mol. The minimum Gasteiger partial charge on any atom is -0.394 e. The number of fused-ring (bicyclic) bond motifs is 2. The van der Waals surface area contributed by atoms with E-state index in [4.69, 9.17) is 19.9 Å². The number of hydrogen-bond acceptors (Lipinski definition) is 14. The number of ether oxygens (including phenoxy) is 3. The van der Waals surface area contributed by atoms with Crippen LogP contribution < -0.4 is 5.73 Å². The SMILES string of the molecule is Nc1ncnc2c1ncn2[C@@H]1O[C@H](CO)[C@H]2OC3(O[C@H]21)C([N+](=O)[O-])=CC([N+](=O)[O-])=CC3[N+](=O)[O-]. The van der Waals surface area contributed by atoms with Crippen LogP contribution >= 0.6 is 0 Å². The summed E-state index contributed by atoms with van der Waals surface area (Å²) in [4.78, 5) is 43.9. The number of nitrogen functional groups attached to an aromatic ring is 1. The van der Waals surface area contributed by atoms with Crippen LogP contribution in [0.4, 0.5) is 5.82 Å². The quantitative estimate of drug-likeness (QED) is 0.377. The van der Waals surface area contributed by atoms with Gasteiger partial charge < -0.3 is 25.1 Å². The normalized spacial score (nSPS) is 32.4. The lowest BCUT2D eigenvalue weighted by Crippen LogP contribution is -2.53. The molecule has 3 N–H and O–H groups in total. The number of nitrogens with zero attached hydrogens (tertiary/aromatic N) is 7. The van der Waals surface area contributed by atoms with Gasteiger partial charge in [-0.15, -0.1) is 0 Å². The Bertz CT molecular complexity index is 1290. The maximum atomic E-state index is 11.8. The van der Waals surface area contributed by atoms with Crippen molar-refractivity contribution >= 4 is 17.0 Å². The van der Waals surface area contributed by atoms with Crippen molar-refractivity contribution < 1.29 is 34.1 Å². The van der Waals surface area contributed by atoms with Crippen molar-refractivity contribution in [1.29, 1.82) is 0 Å². The first-order valence-corrected chi connectivity index (χ1v) is 9.59. The number of imidazole rings is 1. The molecule has 2 fully saturated rings. The van der Waals surface area contributed by atoms with Gasteiger partial charge in [-0.05, 0) is 0 Å². The summed E-state index contributed by atoms with van der Waals surface area (Å²) in [5.41, 5.74) is 4.33. The van der Waals surface area contributed by atoms with Gasteiger partial charge in [-0.3, -0.25) is 34.9 Å². The van der Waals surface area contributed by atoms with Crippen LogP contribution in [-0.4, -0.2) is 76.1 Å². The molecule has 178 valence electrons. The van der Waals surface area contributed by atoms with Crippen LogP contribution in [0, 0.1) is 30.3 Å². The van der Waals surface area contributed by atoms with E-state index in [-0.39, 0.29) is 17.0 Å². The highest BCUT2D eigenvalue weighted by molar-refractivity contribution is 5.81. The maximum Gasteiger partial charge on any atom is 0.337 e. The van der Waals surface area contributed by atoms with Crippen LogP contribution in [0.15, 0.2) is 36.2 Å². The summed E-state index contributed by atoms with van der Waals surface area (Å²) in [6.07, 6.45) is -1.11. The maximum absolute atomic E-state index is 11.8. The fraction of sp³-hybridized carbons (Fsp3) is 0.438. The molecule has 2 saturated heterocycles. The molecule has 18 nitrogen and oxygen atoms in total. The first-order valence-electron chi connectivity index (χ1n) is 9.59. The van der Waals surface area contributed by atoms with Crippen LogP contribution in [0.1, 0.15) is 6.23 Å². The van der Waals surface area contributed by atoms with Crippen molar-refractivity contribution in [2.75, 3.05) is 12.3 Å². The highest BCUT2D eigenvalue weighted by Crippen LogP contribution is 2.50. The molecule has 1 spiro atoms. The molecule has 34 heavy (non-hydrogen) atoms.